The first-order valence-electron chi connectivity index (χ1n) is 6.80. The molecule has 0 saturated carbocycles. The van der Waals surface area contributed by atoms with Crippen molar-refractivity contribution < 1.29 is 0 Å². The Morgan fingerprint density at radius 2 is 1.50 bits per heavy atom. The molecular formula is C19H14S. The maximum absolute atomic E-state index is 2.30. The van der Waals surface area contributed by atoms with Crippen molar-refractivity contribution in [1.82, 2.24) is 0 Å². The van der Waals surface area contributed by atoms with Gasteiger partial charge in [-0.25, -0.2) is 0 Å². The fourth-order valence-corrected chi connectivity index (χ4v) is 4.07. The summed E-state index contributed by atoms with van der Waals surface area (Å²) in [6.07, 6.45) is 0. The lowest BCUT2D eigenvalue weighted by atomic mass is 9.98. The van der Waals surface area contributed by atoms with E-state index in [0.717, 1.165) is 0 Å². The van der Waals surface area contributed by atoms with Crippen LogP contribution in [0.2, 0.25) is 0 Å². The Kier molecular flexibility index (Phi) is 2.61. The van der Waals surface area contributed by atoms with Crippen LogP contribution in [-0.2, 0) is 0 Å². The molecule has 0 radical (unpaired) electrons. The van der Waals surface area contributed by atoms with Gasteiger partial charge in [0.05, 0.1) is 0 Å². The largest absolute Gasteiger partial charge is 0.135 e. The van der Waals surface area contributed by atoms with Crippen LogP contribution < -0.4 is 0 Å². The zero-order valence-corrected chi connectivity index (χ0v) is 12.1. The second-order valence-electron chi connectivity index (χ2n) is 5.15. The van der Waals surface area contributed by atoms with Crippen LogP contribution in [0.1, 0.15) is 5.56 Å². The Bertz CT molecular complexity index is 901. The van der Waals surface area contributed by atoms with Crippen LogP contribution in [0.4, 0.5) is 0 Å². The number of fused-ring (bicyclic) bond motifs is 3. The number of benzene rings is 3. The van der Waals surface area contributed by atoms with Crippen molar-refractivity contribution in [3.8, 4) is 11.1 Å². The summed E-state index contributed by atoms with van der Waals surface area (Å²) in [7, 11) is 0. The summed E-state index contributed by atoms with van der Waals surface area (Å²) in [5.74, 6) is 0. The molecule has 0 aliphatic carbocycles. The summed E-state index contributed by atoms with van der Waals surface area (Å²) >= 11 is 1.88. The molecule has 0 bridgehead atoms. The molecule has 0 fully saturated rings. The summed E-state index contributed by atoms with van der Waals surface area (Å²) in [5.41, 5.74) is 3.96. The number of rotatable bonds is 1. The van der Waals surface area contributed by atoms with E-state index in [1.165, 1.54) is 36.9 Å². The fourth-order valence-electron chi connectivity index (χ4n) is 2.84. The van der Waals surface area contributed by atoms with Crippen molar-refractivity contribution in [3.63, 3.8) is 0 Å². The van der Waals surface area contributed by atoms with Crippen molar-refractivity contribution in [2.24, 2.45) is 0 Å². The predicted molar refractivity (Wildman–Crippen MR) is 89.5 cm³/mol. The monoisotopic (exact) mass is 274 g/mol. The Morgan fingerprint density at radius 3 is 2.35 bits per heavy atom. The van der Waals surface area contributed by atoms with Gasteiger partial charge in [-0.1, -0.05) is 54.6 Å². The van der Waals surface area contributed by atoms with Gasteiger partial charge in [0.15, 0.2) is 0 Å². The van der Waals surface area contributed by atoms with Gasteiger partial charge in [-0.15, -0.1) is 11.3 Å². The number of hydrogen-bond acceptors (Lipinski definition) is 1. The molecule has 4 aromatic rings. The minimum atomic E-state index is 1.30. The SMILES string of the molecule is Cc1cc(-c2ccccc2)c2c(c1)sc1ccccc12. The highest BCUT2D eigenvalue weighted by molar-refractivity contribution is 7.25. The third kappa shape index (κ3) is 1.75. The zero-order chi connectivity index (χ0) is 13.5. The topological polar surface area (TPSA) is 0 Å². The lowest BCUT2D eigenvalue weighted by Gasteiger charge is -2.06. The van der Waals surface area contributed by atoms with E-state index in [0.29, 0.717) is 0 Å². The summed E-state index contributed by atoms with van der Waals surface area (Å²) in [6.45, 7) is 2.18. The lowest BCUT2D eigenvalue weighted by molar-refractivity contribution is 1.51. The average Bonchev–Trinajstić information content (AvgIpc) is 2.85. The van der Waals surface area contributed by atoms with Gasteiger partial charge in [-0.2, -0.15) is 0 Å². The maximum Gasteiger partial charge on any atom is 0.0364 e. The van der Waals surface area contributed by atoms with Gasteiger partial charge in [-0.05, 0) is 35.7 Å². The van der Waals surface area contributed by atoms with Crippen LogP contribution in [0.5, 0.6) is 0 Å². The third-order valence-corrected chi connectivity index (χ3v) is 4.83. The van der Waals surface area contributed by atoms with Crippen molar-refractivity contribution in [2.75, 3.05) is 0 Å². The Morgan fingerprint density at radius 1 is 0.750 bits per heavy atom. The number of aryl methyl sites for hydroxylation is 1. The van der Waals surface area contributed by atoms with E-state index in [-0.39, 0.29) is 0 Å². The molecule has 1 aromatic heterocycles. The molecule has 3 aromatic carbocycles. The molecule has 0 aliphatic rings. The van der Waals surface area contributed by atoms with Crippen molar-refractivity contribution >= 4 is 31.5 Å². The summed E-state index contributed by atoms with van der Waals surface area (Å²) in [4.78, 5) is 0. The smallest absolute Gasteiger partial charge is 0.0364 e. The first kappa shape index (κ1) is 11.7. The Hall–Kier alpha value is -2.12. The van der Waals surface area contributed by atoms with Crippen molar-refractivity contribution in [3.05, 3.63) is 72.3 Å². The van der Waals surface area contributed by atoms with Crippen LogP contribution in [0.25, 0.3) is 31.3 Å². The molecule has 1 heteroatoms. The molecule has 0 spiro atoms. The van der Waals surface area contributed by atoms with Crippen LogP contribution in [0.3, 0.4) is 0 Å². The van der Waals surface area contributed by atoms with Crippen molar-refractivity contribution in [1.29, 1.82) is 0 Å². The van der Waals surface area contributed by atoms with E-state index in [2.05, 4.69) is 73.7 Å². The van der Waals surface area contributed by atoms with E-state index >= 15 is 0 Å². The summed E-state index contributed by atoms with van der Waals surface area (Å²) < 4.78 is 2.75. The highest BCUT2D eigenvalue weighted by Crippen LogP contribution is 2.40. The molecule has 0 nitrogen and oxygen atoms in total. The first-order valence-corrected chi connectivity index (χ1v) is 7.62. The standard InChI is InChI=1S/C19H14S/c1-13-11-16(14-7-3-2-4-8-14)19-15-9-5-6-10-17(15)20-18(19)12-13/h2-12H,1H3. The molecular weight excluding hydrogens is 260 g/mol. The maximum atomic E-state index is 2.30. The second kappa shape index (κ2) is 4.46. The van der Waals surface area contributed by atoms with Gasteiger partial charge in [0, 0.05) is 20.2 Å². The van der Waals surface area contributed by atoms with E-state index in [1.807, 2.05) is 11.3 Å². The molecule has 1 heterocycles. The number of thiophene rings is 1. The highest BCUT2D eigenvalue weighted by Gasteiger charge is 2.11. The molecule has 0 N–H and O–H groups in total. The van der Waals surface area contributed by atoms with Crippen LogP contribution in [0.15, 0.2) is 66.7 Å². The van der Waals surface area contributed by atoms with Gasteiger partial charge in [0.2, 0.25) is 0 Å². The van der Waals surface area contributed by atoms with Gasteiger partial charge < -0.3 is 0 Å². The molecule has 0 atom stereocenters. The molecule has 0 unspecified atom stereocenters. The summed E-state index contributed by atoms with van der Waals surface area (Å²) in [6, 6.07) is 24.0. The van der Waals surface area contributed by atoms with Crippen LogP contribution in [0, 0.1) is 6.92 Å². The van der Waals surface area contributed by atoms with Crippen molar-refractivity contribution in [2.45, 2.75) is 6.92 Å². The van der Waals surface area contributed by atoms with Gasteiger partial charge >= 0.3 is 0 Å². The van der Waals surface area contributed by atoms with E-state index in [1.54, 1.807) is 0 Å². The normalized spacial score (nSPS) is 11.2. The fraction of sp³-hybridized carbons (Fsp3) is 0.0526. The summed E-state index contributed by atoms with van der Waals surface area (Å²) in [5, 5.41) is 2.76. The Balaban J connectivity index is 2.19. The molecule has 0 aliphatic heterocycles. The van der Waals surface area contributed by atoms with E-state index in [9.17, 15) is 0 Å². The first-order chi connectivity index (χ1) is 9.83. The average molecular weight is 274 g/mol. The Labute approximate surface area is 122 Å². The lowest BCUT2D eigenvalue weighted by Crippen LogP contribution is -1.81. The molecule has 4 rings (SSSR count). The third-order valence-electron chi connectivity index (χ3n) is 3.71. The van der Waals surface area contributed by atoms with Crippen LogP contribution in [-0.4, -0.2) is 0 Å². The quantitative estimate of drug-likeness (QED) is 0.397. The molecule has 96 valence electrons. The second-order valence-corrected chi connectivity index (χ2v) is 6.23. The van der Waals surface area contributed by atoms with Crippen LogP contribution >= 0.6 is 11.3 Å². The molecule has 0 saturated heterocycles. The van der Waals surface area contributed by atoms with E-state index < -0.39 is 0 Å². The molecule has 20 heavy (non-hydrogen) atoms. The van der Waals surface area contributed by atoms with E-state index in [4.69, 9.17) is 0 Å². The molecule has 0 amide bonds. The zero-order valence-electron chi connectivity index (χ0n) is 11.3. The number of hydrogen-bond donors (Lipinski definition) is 0. The predicted octanol–water partition coefficient (Wildman–Crippen LogP) is 6.03. The minimum Gasteiger partial charge on any atom is -0.135 e. The minimum absolute atomic E-state index is 1.30. The van der Waals surface area contributed by atoms with Gasteiger partial charge in [0.1, 0.15) is 0 Å². The highest BCUT2D eigenvalue weighted by atomic mass is 32.1. The van der Waals surface area contributed by atoms with Gasteiger partial charge in [0.25, 0.3) is 0 Å². The van der Waals surface area contributed by atoms with Gasteiger partial charge in [-0.3, -0.25) is 0 Å².